The summed E-state index contributed by atoms with van der Waals surface area (Å²) < 4.78 is 11.0. The van der Waals surface area contributed by atoms with Crippen molar-refractivity contribution in [3.05, 3.63) is 12.2 Å². The van der Waals surface area contributed by atoms with Crippen molar-refractivity contribution in [2.45, 2.75) is 192 Å². The highest BCUT2D eigenvalue weighted by molar-refractivity contribution is 5.86. The summed E-state index contributed by atoms with van der Waals surface area (Å²) in [5.41, 5.74) is 0. The van der Waals surface area contributed by atoms with Crippen molar-refractivity contribution in [2.75, 3.05) is 13.2 Å². The molecule has 1 fully saturated rings. The fourth-order valence-electron chi connectivity index (χ4n) is 5.91. The largest absolute Gasteiger partial charge is 0.394 e. The van der Waals surface area contributed by atoms with Crippen LogP contribution < -0.4 is 0 Å². The van der Waals surface area contributed by atoms with E-state index in [-0.39, 0.29) is 6.61 Å². The number of unbranched alkanes of at least 4 members (excludes halogenated alkanes) is 18. The number of carbonyl (C=O) groups excluding carboxylic acids is 1. The summed E-state index contributed by atoms with van der Waals surface area (Å²) in [4.78, 5) is 13.3. The van der Waals surface area contributed by atoms with Gasteiger partial charge in [-0.2, -0.15) is 0 Å². The third kappa shape index (κ3) is 18.3. The molecule has 1 rings (SSSR count). The van der Waals surface area contributed by atoms with Gasteiger partial charge in [0.15, 0.2) is 12.1 Å². The number of rotatable bonds is 29. The van der Waals surface area contributed by atoms with Crippen LogP contribution in [0.15, 0.2) is 12.2 Å². The van der Waals surface area contributed by atoms with Gasteiger partial charge in [-0.25, -0.2) is 0 Å². The maximum Gasteiger partial charge on any atom is 0.186 e. The maximum atomic E-state index is 13.3. The van der Waals surface area contributed by atoms with Crippen LogP contribution in [0, 0.1) is 5.92 Å². The summed E-state index contributed by atoms with van der Waals surface area (Å²) in [5.74, 6) is -1.66. The van der Waals surface area contributed by atoms with E-state index in [1.165, 1.54) is 83.5 Å². The molecule has 9 nitrogen and oxygen atoms in total. The lowest BCUT2D eigenvalue weighted by Crippen LogP contribution is -2.59. The number of ketones is 1. The van der Waals surface area contributed by atoms with Gasteiger partial charge in [0.25, 0.3) is 0 Å². The lowest BCUT2D eigenvalue weighted by molar-refractivity contribution is -0.303. The Labute approximate surface area is 273 Å². The van der Waals surface area contributed by atoms with E-state index >= 15 is 0 Å². The van der Waals surface area contributed by atoms with E-state index in [1.54, 1.807) is 6.08 Å². The Morgan fingerprint density at radius 2 is 1.20 bits per heavy atom. The van der Waals surface area contributed by atoms with Crippen molar-refractivity contribution in [1.82, 2.24) is 0 Å². The quantitative estimate of drug-likeness (QED) is 0.0457. The zero-order valence-corrected chi connectivity index (χ0v) is 28.4. The second-order valence-electron chi connectivity index (χ2n) is 13.1. The van der Waals surface area contributed by atoms with Crippen LogP contribution in [0.3, 0.4) is 0 Å². The second kappa shape index (κ2) is 27.1. The van der Waals surface area contributed by atoms with Crippen LogP contribution in [0.5, 0.6) is 0 Å². The summed E-state index contributed by atoms with van der Waals surface area (Å²) >= 11 is 0. The van der Waals surface area contributed by atoms with Crippen LogP contribution >= 0.6 is 0 Å². The second-order valence-corrected chi connectivity index (χ2v) is 13.1. The molecule has 0 aromatic rings. The third-order valence-electron chi connectivity index (χ3n) is 9.03. The monoisotopic (exact) mass is 644 g/mol. The van der Waals surface area contributed by atoms with Crippen LogP contribution in [0.4, 0.5) is 0 Å². The molecule has 0 aromatic carbocycles. The molecule has 0 bridgehead atoms. The minimum absolute atomic E-state index is 0.293. The Morgan fingerprint density at radius 3 is 1.71 bits per heavy atom. The van der Waals surface area contributed by atoms with Crippen molar-refractivity contribution in [3.63, 3.8) is 0 Å². The molecule has 1 aliphatic rings. The first-order valence-corrected chi connectivity index (χ1v) is 18.3. The Morgan fingerprint density at radius 1 is 0.711 bits per heavy atom. The van der Waals surface area contributed by atoms with Gasteiger partial charge in [0, 0.05) is 0 Å². The molecule has 0 unspecified atom stereocenters. The topological polar surface area (TPSA) is 157 Å². The Kier molecular flexibility index (Phi) is 25.3. The fourth-order valence-corrected chi connectivity index (χ4v) is 5.91. The van der Waals surface area contributed by atoms with Crippen LogP contribution in [-0.4, -0.2) is 92.5 Å². The van der Waals surface area contributed by atoms with Gasteiger partial charge in [-0.15, -0.1) is 0 Å². The van der Waals surface area contributed by atoms with Gasteiger partial charge < -0.3 is 40.1 Å². The molecular weight excluding hydrogens is 576 g/mol. The van der Waals surface area contributed by atoms with Gasteiger partial charge >= 0.3 is 0 Å². The maximum absolute atomic E-state index is 13.3. The van der Waals surface area contributed by atoms with Gasteiger partial charge in [-0.05, 0) is 19.3 Å². The van der Waals surface area contributed by atoms with E-state index in [0.717, 1.165) is 38.5 Å². The zero-order valence-electron chi connectivity index (χ0n) is 28.4. The molecule has 0 aliphatic carbocycles. The van der Waals surface area contributed by atoms with Crippen molar-refractivity contribution in [1.29, 1.82) is 0 Å². The van der Waals surface area contributed by atoms with Crippen molar-refractivity contribution >= 4 is 5.78 Å². The SMILES string of the molecule is CCCCCCCCC/C=C/[C@@H](O)[C@H](CO[C@@H]1O[C@H](CO)[C@H](O)[C@H](O)[C@H]1O)C(=O)[C@H](O)CCCCCCCCCCCCCC. The molecule has 266 valence electrons. The predicted octanol–water partition coefficient (Wildman–Crippen LogP) is 5.50. The molecule has 1 aliphatic heterocycles. The molecule has 0 amide bonds. The summed E-state index contributed by atoms with van der Waals surface area (Å²) in [6, 6.07) is 0. The minimum Gasteiger partial charge on any atom is -0.394 e. The molecule has 45 heavy (non-hydrogen) atoms. The summed E-state index contributed by atoms with van der Waals surface area (Å²) in [6.45, 7) is 3.45. The third-order valence-corrected chi connectivity index (χ3v) is 9.03. The number of Topliss-reactive ketones (excluding diaryl/α,β-unsaturated/α-hetero) is 1. The van der Waals surface area contributed by atoms with Gasteiger partial charge in [-0.3, -0.25) is 4.79 Å². The van der Waals surface area contributed by atoms with E-state index < -0.39 is 61.2 Å². The molecular formula is C36H68O9. The number of hydrogen-bond donors (Lipinski definition) is 6. The van der Waals surface area contributed by atoms with Crippen LogP contribution in [0.2, 0.25) is 0 Å². The molecule has 0 radical (unpaired) electrons. The number of carbonyl (C=O) groups is 1. The van der Waals surface area contributed by atoms with Crippen LogP contribution in [-0.2, 0) is 14.3 Å². The number of aliphatic hydroxyl groups excluding tert-OH is 6. The Balaban J connectivity index is 2.58. The predicted molar refractivity (Wildman–Crippen MR) is 178 cm³/mol. The molecule has 0 aromatic heterocycles. The number of ether oxygens (including phenoxy) is 2. The van der Waals surface area contributed by atoms with Gasteiger partial charge in [0.2, 0.25) is 0 Å². The van der Waals surface area contributed by atoms with E-state index in [9.17, 15) is 35.4 Å². The number of aliphatic hydroxyl groups is 6. The zero-order chi connectivity index (χ0) is 33.3. The molecule has 8 atom stereocenters. The molecule has 0 spiro atoms. The van der Waals surface area contributed by atoms with Gasteiger partial charge in [0.05, 0.1) is 25.2 Å². The normalized spacial score (nSPS) is 24.2. The first kappa shape index (κ1) is 42.1. The number of allylic oxidation sites excluding steroid dienone is 1. The standard InChI is InChI=1S/C36H68O9/c1-3-5-7-9-11-13-14-15-17-19-21-23-25-30(39)32(40)28(29(38)24-22-20-18-16-12-10-8-6-4-2)27-44-36-35(43)34(42)33(41)31(26-37)45-36/h22,24,28-31,33-39,41-43H,3-21,23,25-27H2,1-2H3/b24-22+/t28-,29+,30+,31+,33-,34-,35+,36+/m0/s1. The fraction of sp³-hybridized carbons (Fsp3) is 0.917. The minimum atomic E-state index is -1.62. The summed E-state index contributed by atoms with van der Waals surface area (Å²) in [7, 11) is 0. The lowest BCUT2D eigenvalue weighted by atomic mass is 9.91. The first-order valence-electron chi connectivity index (χ1n) is 18.3. The molecule has 6 N–H and O–H groups in total. The summed E-state index contributed by atoms with van der Waals surface area (Å²) in [6.07, 6.45) is 17.1. The smallest absolute Gasteiger partial charge is 0.186 e. The van der Waals surface area contributed by atoms with E-state index in [2.05, 4.69) is 13.8 Å². The van der Waals surface area contributed by atoms with Crippen LogP contribution in [0.25, 0.3) is 0 Å². The van der Waals surface area contributed by atoms with E-state index in [1.807, 2.05) is 6.08 Å². The number of hydrogen-bond acceptors (Lipinski definition) is 9. The highest BCUT2D eigenvalue weighted by Crippen LogP contribution is 2.24. The molecule has 9 heteroatoms. The lowest BCUT2D eigenvalue weighted by Gasteiger charge is -2.40. The molecule has 1 heterocycles. The van der Waals surface area contributed by atoms with Gasteiger partial charge in [-0.1, -0.05) is 142 Å². The van der Waals surface area contributed by atoms with Crippen LogP contribution in [0.1, 0.15) is 149 Å². The highest BCUT2D eigenvalue weighted by Gasteiger charge is 2.44. The Bertz CT molecular complexity index is 731. The molecule has 0 saturated carbocycles. The summed E-state index contributed by atoms with van der Waals surface area (Å²) in [5, 5.41) is 61.6. The first-order chi connectivity index (χ1) is 21.8. The average Bonchev–Trinajstić information content (AvgIpc) is 3.04. The molecule has 1 saturated heterocycles. The Hall–Kier alpha value is -0.910. The van der Waals surface area contributed by atoms with E-state index in [0.29, 0.717) is 12.8 Å². The van der Waals surface area contributed by atoms with Gasteiger partial charge in [0.1, 0.15) is 30.5 Å². The highest BCUT2D eigenvalue weighted by atomic mass is 16.7. The van der Waals surface area contributed by atoms with Crippen molar-refractivity contribution in [2.24, 2.45) is 5.92 Å². The van der Waals surface area contributed by atoms with Crippen molar-refractivity contribution in [3.8, 4) is 0 Å². The van der Waals surface area contributed by atoms with Crippen molar-refractivity contribution < 1.29 is 44.9 Å². The van der Waals surface area contributed by atoms with E-state index in [4.69, 9.17) is 9.47 Å². The average molecular weight is 645 g/mol.